The summed E-state index contributed by atoms with van der Waals surface area (Å²) in [7, 11) is 2.10. The maximum absolute atomic E-state index is 3.47. The van der Waals surface area contributed by atoms with Gasteiger partial charge in [-0.25, -0.2) is 0 Å². The first-order valence-electron chi connectivity index (χ1n) is 6.07. The Morgan fingerprint density at radius 2 is 2.27 bits per heavy atom. The lowest BCUT2D eigenvalue weighted by molar-refractivity contribution is 0.403. The molecule has 1 heterocycles. The second-order valence-electron chi connectivity index (χ2n) is 4.71. The first-order chi connectivity index (χ1) is 7.38. The maximum Gasteiger partial charge on any atom is 0.0107 e. The molecule has 84 valence electrons. The van der Waals surface area contributed by atoms with E-state index in [1.165, 1.54) is 44.1 Å². The van der Waals surface area contributed by atoms with E-state index < -0.39 is 0 Å². The predicted molar refractivity (Wildman–Crippen MR) is 67.4 cm³/mol. The van der Waals surface area contributed by atoms with Crippen molar-refractivity contribution in [2.45, 2.75) is 44.6 Å². The van der Waals surface area contributed by atoms with Crippen molar-refractivity contribution in [1.82, 2.24) is 5.32 Å². The van der Waals surface area contributed by atoms with E-state index >= 15 is 0 Å². The van der Waals surface area contributed by atoms with Crippen molar-refractivity contribution in [1.29, 1.82) is 0 Å². The number of nitrogens with one attached hydrogen (secondary N) is 1. The molecule has 1 N–H and O–H groups in total. The van der Waals surface area contributed by atoms with E-state index in [0.717, 1.165) is 5.92 Å². The van der Waals surface area contributed by atoms with Crippen LogP contribution >= 0.6 is 11.3 Å². The van der Waals surface area contributed by atoms with Gasteiger partial charge in [0.1, 0.15) is 0 Å². The van der Waals surface area contributed by atoms with Crippen LogP contribution in [0.3, 0.4) is 0 Å². The van der Waals surface area contributed by atoms with Crippen molar-refractivity contribution in [3.8, 4) is 0 Å². The highest BCUT2D eigenvalue weighted by molar-refractivity contribution is 7.07. The standard InChI is InChI=1S/C13H21NS/c1-14-13(8-11-4-2-3-5-11)9-12-6-7-15-10-12/h6-7,10-11,13-14H,2-5,8-9H2,1H3. The summed E-state index contributed by atoms with van der Waals surface area (Å²) in [5.41, 5.74) is 1.50. The van der Waals surface area contributed by atoms with Crippen molar-refractivity contribution in [3.63, 3.8) is 0 Å². The molecular formula is C13H21NS. The van der Waals surface area contributed by atoms with Crippen LogP contribution in [0.4, 0.5) is 0 Å². The summed E-state index contributed by atoms with van der Waals surface area (Å²) in [6.07, 6.45) is 8.41. The first-order valence-corrected chi connectivity index (χ1v) is 7.01. The average molecular weight is 223 g/mol. The van der Waals surface area contributed by atoms with Gasteiger partial charge in [0, 0.05) is 6.04 Å². The van der Waals surface area contributed by atoms with Gasteiger partial charge in [0.05, 0.1) is 0 Å². The maximum atomic E-state index is 3.47. The van der Waals surface area contributed by atoms with Gasteiger partial charge < -0.3 is 5.32 Å². The summed E-state index contributed by atoms with van der Waals surface area (Å²) in [6.45, 7) is 0. The molecule has 0 aliphatic heterocycles. The molecule has 1 aliphatic carbocycles. The molecule has 1 saturated carbocycles. The zero-order valence-electron chi connectivity index (χ0n) is 9.54. The van der Waals surface area contributed by atoms with Crippen molar-refractivity contribution >= 4 is 11.3 Å². The zero-order chi connectivity index (χ0) is 10.5. The number of rotatable bonds is 5. The Morgan fingerprint density at radius 3 is 2.87 bits per heavy atom. The second kappa shape index (κ2) is 5.66. The quantitative estimate of drug-likeness (QED) is 0.806. The van der Waals surface area contributed by atoms with Crippen LogP contribution in [0.15, 0.2) is 16.8 Å². The summed E-state index contributed by atoms with van der Waals surface area (Å²) in [4.78, 5) is 0. The molecule has 0 spiro atoms. The molecular weight excluding hydrogens is 202 g/mol. The Hall–Kier alpha value is -0.340. The van der Waals surface area contributed by atoms with Crippen molar-refractivity contribution in [3.05, 3.63) is 22.4 Å². The molecule has 15 heavy (non-hydrogen) atoms. The molecule has 0 saturated heterocycles. The van der Waals surface area contributed by atoms with E-state index in [4.69, 9.17) is 0 Å². The van der Waals surface area contributed by atoms with Gasteiger partial charge in [0.2, 0.25) is 0 Å². The van der Waals surface area contributed by atoms with Crippen LogP contribution in [0, 0.1) is 5.92 Å². The lowest BCUT2D eigenvalue weighted by Gasteiger charge is -2.19. The number of thiophene rings is 1. The Labute approximate surface area is 96.9 Å². The monoisotopic (exact) mass is 223 g/mol. The minimum atomic E-state index is 0.683. The fourth-order valence-electron chi connectivity index (χ4n) is 2.64. The summed E-state index contributed by atoms with van der Waals surface area (Å²) >= 11 is 1.81. The molecule has 0 amide bonds. The third kappa shape index (κ3) is 3.32. The van der Waals surface area contributed by atoms with E-state index in [0.29, 0.717) is 6.04 Å². The largest absolute Gasteiger partial charge is 0.317 e. The molecule has 1 aromatic rings. The van der Waals surface area contributed by atoms with Gasteiger partial charge >= 0.3 is 0 Å². The third-order valence-corrected chi connectivity index (χ3v) is 4.30. The van der Waals surface area contributed by atoms with Crippen LogP contribution in [0.1, 0.15) is 37.7 Å². The Balaban J connectivity index is 1.81. The van der Waals surface area contributed by atoms with Crippen molar-refractivity contribution < 1.29 is 0 Å². The van der Waals surface area contributed by atoms with Crippen LogP contribution in [0.2, 0.25) is 0 Å². The molecule has 1 unspecified atom stereocenters. The summed E-state index contributed by atoms with van der Waals surface area (Å²) in [6, 6.07) is 2.94. The van der Waals surface area contributed by atoms with E-state index in [2.05, 4.69) is 29.2 Å². The second-order valence-corrected chi connectivity index (χ2v) is 5.49. The molecule has 1 aromatic heterocycles. The van der Waals surface area contributed by atoms with E-state index in [9.17, 15) is 0 Å². The Bertz CT molecular complexity index is 262. The summed E-state index contributed by atoms with van der Waals surface area (Å²) < 4.78 is 0. The fraction of sp³-hybridized carbons (Fsp3) is 0.692. The van der Waals surface area contributed by atoms with Gasteiger partial charge in [0.25, 0.3) is 0 Å². The van der Waals surface area contributed by atoms with Crippen LogP contribution in [0.25, 0.3) is 0 Å². The lowest BCUT2D eigenvalue weighted by atomic mass is 9.95. The molecule has 0 radical (unpaired) electrons. The smallest absolute Gasteiger partial charge is 0.0107 e. The van der Waals surface area contributed by atoms with Crippen LogP contribution in [-0.2, 0) is 6.42 Å². The summed E-state index contributed by atoms with van der Waals surface area (Å²) in [5.74, 6) is 0.987. The Morgan fingerprint density at radius 1 is 1.47 bits per heavy atom. The molecule has 2 rings (SSSR count). The number of hydrogen-bond donors (Lipinski definition) is 1. The molecule has 1 nitrogen and oxygen atoms in total. The third-order valence-electron chi connectivity index (χ3n) is 3.56. The van der Waals surface area contributed by atoms with Gasteiger partial charge in [-0.15, -0.1) is 0 Å². The Kier molecular flexibility index (Phi) is 4.21. The van der Waals surface area contributed by atoms with E-state index in [1.807, 2.05) is 11.3 Å². The summed E-state index contributed by atoms with van der Waals surface area (Å²) in [5, 5.41) is 7.93. The molecule has 1 atom stereocenters. The number of likely N-dealkylation sites (N-methyl/N-ethyl adjacent to an activating group) is 1. The topological polar surface area (TPSA) is 12.0 Å². The van der Waals surface area contributed by atoms with Gasteiger partial charge in [-0.05, 0) is 48.2 Å². The lowest BCUT2D eigenvalue weighted by Crippen LogP contribution is -2.29. The highest BCUT2D eigenvalue weighted by Gasteiger charge is 2.19. The highest BCUT2D eigenvalue weighted by Crippen LogP contribution is 2.29. The SMILES string of the molecule is CNC(Cc1ccsc1)CC1CCCC1. The van der Waals surface area contributed by atoms with Crippen LogP contribution in [-0.4, -0.2) is 13.1 Å². The zero-order valence-corrected chi connectivity index (χ0v) is 10.4. The van der Waals surface area contributed by atoms with Gasteiger partial charge in [-0.2, -0.15) is 11.3 Å². The molecule has 0 bridgehead atoms. The predicted octanol–water partition coefficient (Wildman–Crippen LogP) is 3.46. The number of hydrogen-bond acceptors (Lipinski definition) is 2. The molecule has 1 fully saturated rings. The van der Waals surface area contributed by atoms with Crippen LogP contribution < -0.4 is 5.32 Å². The molecule has 0 aromatic carbocycles. The van der Waals surface area contributed by atoms with E-state index in [-0.39, 0.29) is 0 Å². The normalized spacial score (nSPS) is 19.5. The van der Waals surface area contributed by atoms with Crippen molar-refractivity contribution in [2.75, 3.05) is 7.05 Å². The first kappa shape index (κ1) is 11.2. The van der Waals surface area contributed by atoms with Crippen molar-refractivity contribution in [2.24, 2.45) is 5.92 Å². The minimum Gasteiger partial charge on any atom is -0.317 e. The molecule has 1 aliphatic rings. The highest BCUT2D eigenvalue weighted by atomic mass is 32.1. The van der Waals surface area contributed by atoms with Gasteiger partial charge in [-0.1, -0.05) is 25.7 Å². The van der Waals surface area contributed by atoms with Crippen LogP contribution in [0.5, 0.6) is 0 Å². The van der Waals surface area contributed by atoms with Gasteiger partial charge in [0.15, 0.2) is 0 Å². The molecule has 2 heteroatoms. The average Bonchev–Trinajstić information content (AvgIpc) is 2.89. The fourth-order valence-corrected chi connectivity index (χ4v) is 3.33. The minimum absolute atomic E-state index is 0.683. The van der Waals surface area contributed by atoms with Gasteiger partial charge in [-0.3, -0.25) is 0 Å². The van der Waals surface area contributed by atoms with E-state index in [1.54, 1.807) is 0 Å².